The molecule has 2 aromatic carbocycles. The Labute approximate surface area is 202 Å². The van der Waals surface area contributed by atoms with Gasteiger partial charge < -0.3 is 14.8 Å². The Morgan fingerprint density at radius 2 is 1.81 bits per heavy atom. The SMILES string of the molecule is CCOc1cc(C=C2C(=O)NC(=S)NC2=O)cc(Br)c1OCC(=O)Nc1ccc(Cl)cc1. The average Bonchev–Trinajstić information content (AvgIpc) is 2.72. The zero-order valence-corrected chi connectivity index (χ0v) is 19.8. The standard InChI is InChI=1S/C21H17BrClN3O5S/c1-2-30-16-9-11(7-14-19(28)25-21(32)26-20(14)29)8-15(22)18(16)31-10-17(27)24-13-5-3-12(23)4-6-13/h3-9H,2,10H2,1H3,(H,24,27)(H2,25,26,28,29,32). The van der Waals surface area contributed by atoms with Gasteiger partial charge >= 0.3 is 0 Å². The fraction of sp³-hybridized carbons (Fsp3) is 0.143. The fourth-order valence-electron chi connectivity index (χ4n) is 2.72. The molecular weight excluding hydrogens is 522 g/mol. The van der Waals surface area contributed by atoms with Crippen molar-refractivity contribution in [1.29, 1.82) is 0 Å². The molecule has 0 unspecified atom stereocenters. The first kappa shape index (κ1) is 23.7. The van der Waals surface area contributed by atoms with Crippen LogP contribution in [0.5, 0.6) is 11.5 Å². The summed E-state index contributed by atoms with van der Waals surface area (Å²) in [5, 5.41) is 7.96. The molecule has 3 N–H and O–H groups in total. The molecule has 3 rings (SSSR count). The molecule has 1 aliphatic rings. The van der Waals surface area contributed by atoms with Crippen LogP contribution >= 0.6 is 39.7 Å². The van der Waals surface area contributed by atoms with Crippen molar-refractivity contribution in [2.24, 2.45) is 0 Å². The second kappa shape index (κ2) is 10.6. The van der Waals surface area contributed by atoms with E-state index < -0.39 is 11.8 Å². The highest BCUT2D eigenvalue weighted by molar-refractivity contribution is 9.10. The van der Waals surface area contributed by atoms with E-state index in [1.807, 2.05) is 0 Å². The van der Waals surface area contributed by atoms with Crippen LogP contribution in [0.1, 0.15) is 12.5 Å². The van der Waals surface area contributed by atoms with E-state index in [9.17, 15) is 14.4 Å². The molecule has 0 spiro atoms. The molecule has 1 fully saturated rings. The van der Waals surface area contributed by atoms with Gasteiger partial charge in [-0.2, -0.15) is 0 Å². The molecule has 1 aliphatic heterocycles. The van der Waals surface area contributed by atoms with Crippen molar-refractivity contribution < 1.29 is 23.9 Å². The van der Waals surface area contributed by atoms with Crippen molar-refractivity contribution in [2.45, 2.75) is 6.92 Å². The minimum Gasteiger partial charge on any atom is -0.490 e. The molecule has 2 aromatic rings. The molecule has 0 atom stereocenters. The molecule has 0 bridgehead atoms. The Balaban J connectivity index is 1.78. The summed E-state index contributed by atoms with van der Waals surface area (Å²) in [5.74, 6) is -0.947. The zero-order chi connectivity index (χ0) is 23.3. The van der Waals surface area contributed by atoms with Gasteiger partial charge in [-0.05, 0) is 83.1 Å². The van der Waals surface area contributed by atoms with Crippen LogP contribution < -0.4 is 25.4 Å². The Hall–Kier alpha value is -2.95. The lowest BCUT2D eigenvalue weighted by Crippen LogP contribution is -2.51. The van der Waals surface area contributed by atoms with E-state index in [0.29, 0.717) is 38.9 Å². The normalized spacial score (nSPS) is 13.2. The van der Waals surface area contributed by atoms with Gasteiger partial charge in [0.2, 0.25) is 0 Å². The molecule has 166 valence electrons. The predicted octanol–water partition coefficient (Wildman–Crippen LogP) is 3.43. The molecule has 3 amide bonds. The molecule has 1 saturated heterocycles. The van der Waals surface area contributed by atoms with E-state index >= 15 is 0 Å². The van der Waals surface area contributed by atoms with E-state index in [1.165, 1.54) is 6.08 Å². The van der Waals surface area contributed by atoms with Crippen LogP contribution in [0.15, 0.2) is 46.4 Å². The Morgan fingerprint density at radius 1 is 1.16 bits per heavy atom. The van der Waals surface area contributed by atoms with E-state index in [0.717, 1.165) is 0 Å². The largest absolute Gasteiger partial charge is 0.490 e. The van der Waals surface area contributed by atoms with Gasteiger partial charge in [0, 0.05) is 10.7 Å². The van der Waals surface area contributed by atoms with Crippen molar-refractivity contribution in [3.8, 4) is 11.5 Å². The second-order valence-corrected chi connectivity index (χ2v) is 8.10. The fourth-order valence-corrected chi connectivity index (χ4v) is 3.60. The highest BCUT2D eigenvalue weighted by Gasteiger charge is 2.26. The van der Waals surface area contributed by atoms with Crippen LogP contribution in [0, 0.1) is 0 Å². The minimum absolute atomic E-state index is 0.0473. The molecule has 8 nitrogen and oxygen atoms in total. The lowest BCUT2D eigenvalue weighted by Gasteiger charge is -2.17. The first-order valence-corrected chi connectivity index (χ1v) is 10.9. The van der Waals surface area contributed by atoms with Gasteiger partial charge in [0.15, 0.2) is 23.2 Å². The summed E-state index contributed by atoms with van der Waals surface area (Å²) in [6.45, 7) is 1.85. The van der Waals surface area contributed by atoms with Crippen LogP contribution in [-0.4, -0.2) is 36.0 Å². The number of rotatable bonds is 7. The molecular formula is C21H17BrClN3O5S. The molecule has 0 aliphatic carbocycles. The molecule has 32 heavy (non-hydrogen) atoms. The molecule has 0 saturated carbocycles. The number of carbonyl (C=O) groups is 3. The third-order valence-electron chi connectivity index (χ3n) is 4.06. The third-order valence-corrected chi connectivity index (χ3v) is 5.11. The van der Waals surface area contributed by atoms with Gasteiger partial charge in [0.25, 0.3) is 17.7 Å². The van der Waals surface area contributed by atoms with Crippen LogP contribution in [-0.2, 0) is 14.4 Å². The van der Waals surface area contributed by atoms with E-state index in [4.69, 9.17) is 33.3 Å². The Kier molecular flexibility index (Phi) is 7.84. The Bertz CT molecular complexity index is 1100. The van der Waals surface area contributed by atoms with E-state index in [-0.39, 0.29) is 23.2 Å². The first-order valence-electron chi connectivity index (χ1n) is 9.29. The highest BCUT2D eigenvalue weighted by atomic mass is 79.9. The summed E-state index contributed by atoms with van der Waals surface area (Å²) in [7, 11) is 0. The summed E-state index contributed by atoms with van der Waals surface area (Å²) in [6.07, 6.45) is 1.40. The summed E-state index contributed by atoms with van der Waals surface area (Å²) in [6, 6.07) is 9.91. The average molecular weight is 539 g/mol. The number of anilines is 1. The maximum Gasteiger partial charge on any atom is 0.263 e. The van der Waals surface area contributed by atoms with Gasteiger partial charge in [0.1, 0.15) is 5.57 Å². The number of ether oxygens (including phenoxy) is 2. The monoisotopic (exact) mass is 537 g/mol. The highest BCUT2D eigenvalue weighted by Crippen LogP contribution is 2.37. The molecule has 0 aromatic heterocycles. The summed E-state index contributed by atoms with van der Waals surface area (Å²) < 4.78 is 11.8. The number of nitrogens with one attached hydrogen (secondary N) is 3. The van der Waals surface area contributed by atoms with Gasteiger partial charge in [-0.15, -0.1) is 0 Å². The number of carbonyl (C=O) groups excluding carboxylic acids is 3. The van der Waals surface area contributed by atoms with Crippen LogP contribution in [0.2, 0.25) is 5.02 Å². The number of thiocarbonyl (C=S) groups is 1. The van der Waals surface area contributed by atoms with Crippen LogP contribution in [0.25, 0.3) is 6.08 Å². The predicted molar refractivity (Wildman–Crippen MR) is 128 cm³/mol. The van der Waals surface area contributed by atoms with E-state index in [2.05, 4.69) is 31.9 Å². The lowest BCUT2D eigenvalue weighted by atomic mass is 10.1. The van der Waals surface area contributed by atoms with Crippen molar-refractivity contribution in [3.63, 3.8) is 0 Å². The van der Waals surface area contributed by atoms with Crippen molar-refractivity contribution in [1.82, 2.24) is 10.6 Å². The maximum atomic E-state index is 12.2. The van der Waals surface area contributed by atoms with Gasteiger partial charge in [0.05, 0.1) is 11.1 Å². The number of halogens is 2. The molecule has 0 radical (unpaired) electrons. The third kappa shape index (κ3) is 6.06. The van der Waals surface area contributed by atoms with Gasteiger partial charge in [-0.1, -0.05) is 11.6 Å². The number of hydrogen-bond acceptors (Lipinski definition) is 6. The van der Waals surface area contributed by atoms with E-state index in [1.54, 1.807) is 43.3 Å². The second-order valence-electron chi connectivity index (χ2n) is 6.40. The molecule has 11 heteroatoms. The van der Waals surface area contributed by atoms with Gasteiger partial charge in [-0.25, -0.2) is 0 Å². The van der Waals surface area contributed by atoms with Crippen LogP contribution in [0.4, 0.5) is 5.69 Å². The summed E-state index contributed by atoms with van der Waals surface area (Å²) in [5.41, 5.74) is 0.980. The quantitative estimate of drug-likeness (QED) is 0.283. The van der Waals surface area contributed by atoms with Gasteiger partial charge in [-0.3, -0.25) is 25.0 Å². The number of hydrogen-bond donors (Lipinski definition) is 3. The van der Waals surface area contributed by atoms with Crippen molar-refractivity contribution in [3.05, 3.63) is 57.0 Å². The number of amides is 3. The maximum absolute atomic E-state index is 12.2. The number of benzene rings is 2. The minimum atomic E-state index is -0.605. The summed E-state index contributed by atoms with van der Waals surface area (Å²) >= 11 is 14.0. The zero-order valence-electron chi connectivity index (χ0n) is 16.7. The lowest BCUT2D eigenvalue weighted by molar-refractivity contribution is -0.123. The first-order chi connectivity index (χ1) is 15.3. The van der Waals surface area contributed by atoms with Crippen LogP contribution in [0.3, 0.4) is 0 Å². The van der Waals surface area contributed by atoms with Crippen molar-refractivity contribution >= 4 is 74.3 Å². The summed E-state index contributed by atoms with van der Waals surface area (Å²) in [4.78, 5) is 36.4. The molecule has 1 heterocycles. The van der Waals surface area contributed by atoms with Crippen molar-refractivity contribution in [2.75, 3.05) is 18.5 Å². The topological polar surface area (TPSA) is 106 Å². The Morgan fingerprint density at radius 3 is 2.44 bits per heavy atom. The smallest absolute Gasteiger partial charge is 0.263 e.